The van der Waals surface area contributed by atoms with Gasteiger partial charge in [0, 0.05) is 17.1 Å². The summed E-state index contributed by atoms with van der Waals surface area (Å²) in [7, 11) is 1.58. The van der Waals surface area contributed by atoms with Crippen LogP contribution in [0.25, 0.3) is 10.9 Å². The predicted octanol–water partition coefficient (Wildman–Crippen LogP) is 3.80. The molecule has 0 aliphatic heterocycles. The highest BCUT2D eigenvalue weighted by Crippen LogP contribution is 2.25. The van der Waals surface area contributed by atoms with Crippen molar-refractivity contribution < 1.29 is 9.53 Å². The lowest BCUT2D eigenvalue weighted by Crippen LogP contribution is -2.12. The topological polar surface area (TPSA) is 51.2 Å². The molecule has 1 amide bonds. The molecular weight excluding hydrogens is 276 g/mol. The lowest BCUT2D eigenvalue weighted by atomic mass is 10.1. The van der Waals surface area contributed by atoms with Crippen LogP contribution < -0.4 is 10.1 Å². The van der Waals surface area contributed by atoms with E-state index in [1.165, 1.54) is 0 Å². The summed E-state index contributed by atoms with van der Waals surface area (Å²) in [6.45, 7) is 2.00. The van der Waals surface area contributed by atoms with E-state index in [4.69, 9.17) is 4.74 Å². The number of fused-ring (bicyclic) bond motifs is 1. The Bertz CT molecular complexity index is 843. The zero-order chi connectivity index (χ0) is 15.5. The molecule has 0 fully saturated rings. The molecule has 3 rings (SSSR count). The Morgan fingerprint density at radius 2 is 2.00 bits per heavy atom. The number of amides is 1. The summed E-state index contributed by atoms with van der Waals surface area (Å²) in [5.74, 6) is 0.482. The molecule has 0 atom stereocenters. The lowest BCUT2D eigenvalue weighted by Gasteiger charge is -2.10. The first kappa shape index (κ1) is 14.1. The maximum atomic E-state index is 12.4. The zero-order valence-electron chi connectivity index (χ0n) is 12.5. The fourth-order valence-electron chi connectivity index (χ4n) is 2.38. The van der Waals surface area contributed by atoms with Gasteiger partial charge < -0.3 is 10.1 Å². The summed E-state index contributed by atoms with van der Waals surface area (Å²) in [6, 6.07) is 14.7. The molecule has 110 valence electrons. The van der Waals surface area contributed by atoms with Gasteiger partial charge in [-0.05, 0) is 48.9 Å². The highest BCUT2D eigenvalue weighted by Gasteiger charge is 2.10. The van der Waals surface area contributed by atoms with Gasteiger partial charge in [0.25, 0.3) is 5.91 Å². The van der Waals surface area contributed by atoms with Crippen molar-refractivity contribution in [1.82, 2.24) is 4.98 Å². The third-order valence-electron chi connectivity index (χ3n) is 3.55. The average molecular weight is 292 g/mol. The molecule has 0 radical (unpaired) electrons. The van der Waals surface area contributed by atoms with Crippen LogP contribution in [0, 0.1) is 6.92 Å². The summed E-state index contributed by atoms with van der Waals surface area (Å²) < 4.78 is 5.15. The number of rotatable bonds is 3. The van der Waals surface area contributed by atoms with E-state index in [0.717, 1.165) is 22.2 Å². The second kappa shape index (κ2) is 5.85. The monoisotopic (exact) mass is 292 g/mol. The number of anilines is 1. The van der Waals surface area contributed by atoms with Gasteiger partial charge in [-0.2, -0.15) is 0 Å². The van der Waals surface area contributed by atoms with E-state index in [2.05, 4.69) is 10.3 Å². The van der Waals surface area contributed by atoms with E-state index in [9.17, 15) is 4.79 Å². The molecule has 0 spiro atoms. The minimum absolute atomic E-state index is 0.173. The first-order chi connectivity index (χ1) is 10.7. The molecule has 4 heteroatoms. The van der Waals surface area contributed by atoms with Crippen molar-refractivity contribution in [3.63, 3.8) is 0 Å². The first-order valence-electron chi connectivity index (χ1n) is 6.99. The van der Waals surface area contributed by atoms with E-state index in [1.54, 1.807) is 31.5 Å². The van der Waals surface area contributed by atoms with Crippen molar-refractivity contribution in [1.29, 1.82) is 0 Å². The lowest BCUT2D eigenvalue weighted by molar-refractivity contribution is 0.102. The van der Waals surface area contributed by atoms with Gasteiger partial charge in [0.15, 0.2) is 0 Å². The second-order valence-electron chi connectivity index (χ2n) is 5.02. The molecule has 0 saturated carbocycles. The Labute approximate surface area is 128 Å². The van der Waals surface area contributed by atoms with Crippen LogP contribution in [0.4, 0.5) is 5.69 Å². The summed E-state index contributed by atoms with van der Waals surface area (Å²) in [5.41, 5.74) is 3.28. The standard InChI is InChI=1S/C18H16N2O2/c1-12-8-9-16(15-7-4-10-19-17(12)15)20-18(21)13-5-3-6-14(11-13)22-2/h3-11H,1-2H3,(H,20,21). The number of carbonyl (C=O) groups excluding carboxylic acids is 1. The number of pyridine rings is 1. The minimum atomic E-state index is -0.173. The van der Waals surface area contributed by atoms with Gasteiger partial charge in [-0.3, -0.25) is 9.78 Å². The molecule has 0 aliphatic carbocycles. The number of nitrogens with one attached hydrogen (secondary N) is 1. The fourth-order valence-corrected chi connectivity index (χ4v) is 2.38. The zero-order valence-corrected chi connectivity index (χ0v) is 12.5. The van der Waals surface area contributed by atoms with Crippen LogP contribution >= 0.6 is 0 Å². The maximum Gasteiger partial charge on any atom is 0.255 e. The molecule has 22 heavy (non-hydrogen) atoms. The molecule has 0 bridgehead atoms. The Balaban J connectivity index is 1.96. The second-order valence-corrected chi connectivity index (χ2v) is 5.02. The van der Waals surface area contributed by atoms with Crippen molar-refractivity contribution in [3.05, 3.63) is 65.9 Å². The number of carbonyl (C=O) groups is 1. The number of nitrogens with zero attached hydrogens (tertiary/aromatic N) is 1. The predicted molar refractivity (Wildman–Crippen MR) is 87.4 cm³/mol. The van der Waals surface area contributed by atoms with Crippen LogP contribution in [0.1, 0.15) is 15.9 Å². The number of ether oxygens (including phenoxy) is 1. The maximum absolute atomic E-state index is 12.4. The summed E-state index contributed by atoms with van der Waals surface area (Å²) in [4.78, 5) is 16.8. The molecule has 0 saturated heterocycles. The normalized spacial score (nSPS) is 10.5. The highest BCUT2D eigenvalue weighted by atomic mass is 16.5. The van der Waals surface area contributed by atoms with Crippen LogP contribution in [0.5, 0.6) is 5.75 Å². The SMILES string of the molecule is COc1cccc(C(=O)Nc2ccc(C)c3ncccc23)c1. The van der Waals surface area contributed by atoms with Gasteiger partial charge in [-0.25, -0.2) is 0 Å². The van der Waals surface area contributed by atoms with Gasteiger partial charge in [0.05, 0.1) is 18.3 Å². The van der Waals surface area contributed by atoms with Crippen LogP contribution in [0.3, 0.4) is 0 Å². The minimum Gasteiger partial charge on any atom is -0.497 e. The molecule has 1 aromatic heterocycles. The summed E-state index contributed by atoms with van der Waals surface area (Å²) in [5, 5.41) is 3.87. The fraction of sp³-hybridized carbons (Fsp3) is 0.111. The number of aromatic nitrogens is 1. The van der Waals surface area contributed by atoms with E-state index < -0.39 is 0 Å². The van der Waals surface area contributed by atoms with Crippen molar-refractivity contribution in [3.8, 4) is 5.75 Å². The van der Waals surface area contributed by atoms with Crippen LogP contribution in [0.15, 0.2) is 54.7 Å². The van der Waals surface area contributed by atoms with Crippen LogP contribution in [0.2, 0.25) is 0 Å². The third-order valence-corrected chi connectivity index (χ3v) is 3.55. The molecule has 1 heterocycles. The van der Waals surface area contributed by atoms with E-state index in [-0.39, 0.29) is 5.91 Å². The third kappa shape index (κ3) is 2.63. The highest BCUT2D eigenvalue weighted by molar-refractivity contribution is 6.09. The van der Waals surface area contributed by atoms with E-state index >= 15 is 0 Å². The Morgan fingerprint density at radius 3 is 2.82 bits per heavy atom. The summed E-state index contributed by atoms with van der Waals surface area (Å²) in [6.07, 6.45) is 1.75. The van der Waals surface area contributed by atoms with Crippen molar-refractivity contribution in [2.24, 2.45) is 0 Å². The Hall–Kier alpha value is -2.88. The smallest absolute Gasteiger partial charge is 0.255 e. The van der Waals surface area contributed by atoms with Gasteiger partial charge in [0.1, 0.15) is 5.75 Å². The molecule has 1 N–H and O–H groups in total. The van der Waals surface area contributed by atoms with Gasteiger partial charge in [-0.1, -0.05) is 12.1 Å². The molecule has 2 aromatic carbocycles. The van der Waals surface area contributed by atoms with Crippen molar-refractivity contribution >= 4 is 22.5 Å². The quantitative estimate of drug-likeness (QED) is 0.798. The van der Waals surface area contributed by atoms with Crippen LogP contribution in [-0.4, -0.2) is 18.0 Å². The van der Waals surface area contributed by atoms with Crippen molar-refractivity contribution in [2.45, 2.75) is 6.92 Å². The number of aryl methyl sites for hydroxylation is 1. The number of hydrogen-bond donors (Lipinski definition) is 1. The molecule has 0 unspecified atom stereocenters. The van der Waals surface area contributed by atoms with Crippen LogP contribution in [-0.2, 0) is 0 Å². The molecular formula is C18H16N2O2. The van der Waals surface area contributed by atoms with E-state index in [0.29, 0.717) is 11.3 Å². The first-order valence-corrected chi connectivity index (χ1v) is 6.99. The number of benzene rings is 2. The van der Waals surface area contributed by atoms with Crippen molar-refractivity contribution in [2.75, 3.05) is 12.4 Å². The molecule has 3 aromatic rings. The van der Waals surface area contributed by atoms with Gasteiger partial charge in [0.2, 0.25) is 0 Å². The number of hydrogen-bond acceptors (Lipinski definition) is 3. The average Bonchev–Trinajstić information content (AvgIpc) is 2.57. The molecule has 4 nitrogen and oxygen atoms in total. The Morgan fingerprint density at radius 1 is 1.14 bits per heavy atom. The molecule has 0 aliphatic rings. The van der Waals surface area contributed by atoms with E-state index in [1.807, 2.05) is 37.3 Å². The largest absolute Gasteiger partial charge is 0.497 e. The summed E-state index contributed by atoms with van der Waals surface area (Å²) >= 11 is 0. The number of methoxy groups -OCH3 is 1. The Kier molecular flexibility index (Phi) is 3.74. The van der Waals surface area contributed by atoms with Gasteiger partial charge in [-0.15, -0.1) is 0 Å². The van der Waals surface area contributed by atoms with Gasteiger partial charge >= 0.3 is 0 Å².